The van der Waals surface area contributed by atoms with Crippen LogP contribution in [0.1, 0.15) is 25.8 Å². The largest absolute Gasteiger partial charge is 0.465 e. The SMILES string of the molecule is CCCN([C@@H](Cc1ccccc1)C(=O)OCC)P(=O)(c1ccccc1)c1ccccc1. The van der Waals surface area contributed by atoms with Crippen molar-refractivity contribution in [1.29, 1.82) is 0 Å². The fourth-order valence-electron chi connectivity index (χ4n) is 3.81. The highest BCUT2D eigenvalue weighted by Gasteiger charge is 2.41. The van der Waals surface area contributed by atoms with Crippen molar-refractivity contribution in [3.8, 4) is 0 Å². The van der Waals surface area contributed by atoms with Crippen LogP contribution in [0.5, 0.6) is 0 Å². The molecule has 0 aliphatic carbocycles. The van der Waals surface area contributed by atoms with Gasteiger partial charge in [0.2, 0.25) is 7.29 Å². The maximum absolute atomic E-state index is 15.0. The maximum atomic E-state index is 15.0. The molecule has 3 rings (SSSR count). The van der Waals surface area contributed by atoms with Gasteiger partial charge in [0.1, 0.15) is 6.04 Å². The summed E-state index contributed by atoms with van der Waals surface area (Å²) < 4.78 is 22.3. The molecule has 0 N–H and O–H groups in total. The van der Waals surface area contributed by atoms with Gasteiger partial charge in [0, 0.05) is 17.2 Å². The average Bonchev–Trinajstić information content (AvgIpc) is 2.83. The third-order valence-corrected chi connectivity index (χ3v) is 8.42. The van der Waals surface area contributed by atoms with Gasteiger partial charge in [-0.1, -0.05) is 73.7 Å². The Labute approximate surface area is 185 Å². The number of carbonyl (C=O) groups is 1. The van der Waals surface area contributed by atoms with Gasteiger partial charge in [-0.3, -0.25) is 9.36 Å². The fourth-order valence-corrected chi connectivity index (χ4v) is 6.91. The zero-order chi connectivity index (χ0) is 22.1. The second-order valence-electron chi connectivity index (χ2n) is 7.37. The van der Waals surface area contributed by atoms with E-state index in [1.807, 2.05) is 103 Å². The number of carbonyl (C=O) groups excluding carboxylic acids is 1. The molecule has 0 bridgehead atoms. The summed E-state index contributed by atoms with van der Waals surface area (Å²) in [7, 11) is -3.29. The van der Waals surface area contributed by atoms with Crippen LogP contribution in [0.25, 0.3) is 0 Å². The van der Waals surface area contributed by atoms with E-state index in [4.69, 9.17) is 4.74 Å². The molecule has 0 heterocycles. The Hall–Kier alpha value is -2.68. The van der Waals surface area contributed by atoms with Gasteiger partial charge in [0.25, 0.3) is 0 Å². The normalized spacial score (nSPS) is 12.5. The van der Waals surface area contributed by atoms with E-state index in [0.29, 0.717) is 13.0 Å². The highest BCUT2D eigenvalue weighted by atomic mass is 31.2. The fraction of sp³-hybridized carbons (Fsp3) is 0.269. The van der Waals surface area contributed by atoms with Gasteiger partial charge in [-0.05, 0) is 49.6 Å². The Morgan fingerprint density at radius 3 is 1.77 bits per heavy atom. The average molecular weight is 436 g/mol. The molecule has 0 aliphatic rings. The summed E-state index contributed by atoms with van der Waals surface area (Å²) >= 11 is 0. The molecule has 0 radical (unpaired) electrons. The van der Waals surface area contributed by atoms with Crippen LogP contribution in [-0.4, -0.2) is 29.8 Å². The van der Waals surface area contributed by atoms with Crippen LogP contribution < -0.4 is 10.6 Å². The molecule has 0 saturated heterocycles. The summed E-state index contributed by atoms with van der Waals surface area (Å²) in [6, 6.07) is 28.1. The second kappa shape index (κ2) is 11.1. The molecular formula is C26H30NO3P. The van der Waals surface area contributed by atoms with E-state index in [2.05, 4.69) is 0 Å². The van der Waals surface area contributed by atoms with E-state index in [1.54, 1.807) is 6.92 Å². The monoisotopic (exact) mass is 435 g/mol. The number of hydrogen-bond donors (Lipinski definition) is 0. The van der Waals surface area contributed by atoms with Crippen molar-refractivity contribution < 1.29 is 14.1 Å². The molecule has 3 aromatic rings. The van der Waals surface area contributed by atoms with Gasteiger partial charge in [0.15, 0.2) is 0 Å². The molecule has 0 spiro atoms. The lowest BCUT2D eigenvalue weighted by Crippen LogP contribution is -2.46. The number of ether oxygens (including phenoxy) is 1. The predicted molar refractivity (Wildman–Crippen MR) is 127 cm³/mol. The smallest absolute Gasteiger partial charge is 0.324 e. The molecule has 0 amide bonds. The van der Waals surface area contributed by atoms with Crippen LogP contribution in [0.3, 0.4) is 0 Å². The van der Waals surface area contributed by atoms with Gasteiger partial charge in [-0.15, -0.1) is 0 Å². The minimum absolute atomic E-state index is 0.283. The summed E-state index contributed by atoms with van der Waals surface area (Å²) in [4.78, 5) is 13.2. The summed E-state index contributed by atoms with van der Waals surface area (Å²) in [5.74, 6) is -0.341. The second-order valence-corrected chi connectivity index (χ2v) is 10.1. The van der Waals surface area contributed by atoms with Crippen molar-refractivity contribution in [3.05, 3.63) is 96.6 Å². The minimum atomic E-state index is -3.29. The minimum Gasteiger partial charge on any atom is -0.465 e. The van der Waals surface area contributed by atoms with Crippen LogP contribution in [0.2, 0.25) is 0 Å². The summed E-state index contributed by atoms with van der Waals surface area (Å²) in [5.41, 5.74) is 1.01. The first-order chi connectivity index (χ1) is 15.1. The molecule has 0 aliphatic heterocycles. The zero-order valence-electron chi connectivity index (χ0n) is 18.2. The molecule has 0 aromatic heterocycles. The summed E-state index contributed by atoms with van der Waals surface area (Å²) in [6.45, 7) is 4.64. The number of benzene rings is 3. The highest BCUT2D eigenvalue weighted by Crippen LogP contribution is 2.49. The Morgan fingerprint density at radius 1 is 0.839 bits per heavy atom. The lowest BCUT2D eigenvalue weighted by atomic mass is 10.1. The predicted octanol–water partition coefficient (Wildman–Crippen LogP) is 4.80. The topological polar surface area (TPSA) is 46.6 Å². The first kappa shape index (κ1) is 23.0. The van der Waals surface area contributed by atoms with E-state index in [0.717, 1.165) is 22.6 Å². The summed E-state index contributed by atoms with van der Waals surface area (Å²) in [6.07, 6.45) is 1.19. The first-order valence-electron chi connectivity index (χ1n) is 10.8. The van der Waals surface area contributed by atoms with Crippen molar-refractivity contribution in [1.82, 2.24) is 4.67 Å². The number of rotatable bonds is 10. The first-order valence-corrected chi connectivity index (χ1v) is 12.5. The Bertz CT molecular complexity index is 949. The van der Waals surface area contributed by atoms with Crippen LogP contribution in [0.15, 0.2) is 91.0 Å². The number of hydrogen-bond acceptors (Lipinski definition) is 3. The molecule has 3 aromatic carbocycles. The molecule has 0 unspecified atom stereocenters. The lowest BCUT2D eigenvalue weighted by molar-refractivity contribution is -0.147. The highest BCUT2D eigenvalue weighted by molar-refractivity contribution is 7.76. The van der Waals surface area contributed by atoms with Crippen LogP contribution >= 0.6 is 7.29 Å². The van der Waals surface area contributed by atoms with E-state index in [-0.39, 0.29) is 12.6 Å². The Balaban J connectivity index is 2.17. The molecule has 1 atom stereocenters. The number of nitrogens with zero attached hydrogens (tertiary/aromatic N) is 1. The molecule has 5 heteroatoms. The van der Waals surface area contributed by atoms with Gasteiger partial charge in [-0.25, -0.2) is 4.67 Å². The van der Waals surface area contributed by atoms with Crippen molar-refractivity contribution in [2.24, 2.45) is 0 Å². The van der Waals surface area contributed by atoms with Crippen LogP contribution in [0.4, 0.5) is 0 Å². The molecule has 0 saturated carbocycles. The van der Waals surface area contributed by atoms with Crippen molar-refractivity contribution >= 4 is 23.9 Å². The molecule has 4 nitrogen and oxygen atoms in total. The van der Waals surface area contributed by atoms with Crippen molar-refractivity contribution in [3.63, 3.8) is 0 Å². The maximum Gasteiger partial charge on any atom is 0.324 e. The summed E-state index contributed by atoms with van der Waals surface area (Å²) in [5, 5.41) is 1.44. The zero-order valence-corrected chi connectivity index (χ0v) is 19.1. The van der Waals surface area contributed by atoms with E-state index in [1.165, 1.54) is 0 Å². The molecular weight excluding hydrogens is 405 g/mol. The van der Waals surface area contributed by atoms with Crippen molar-refractivity contribution in [2.75, 3.05) is 13.2 Å². The van der Waals surface area contributed by atoms with Gasteiger partial charge >= 0.3 is 5.97 Å². The van der Waals surface area contributed by atoms with E-state index >= 15 is 0 Å². The van der Waals surface area contributed by atoms with E-state index < -0.39 is 13.3 Å². The molecule has 31 heavy (non-hydrogen) atoms. The van der Waals surface area contributed by atoms with Crippen molar-refractivity contribution in [2.45, 2.75) is 32.7 Å². The third kappa shape index (κ3) is 5.33. The molecule has 0 fully saturated rings. The van der Waals surface area contributed by atoms with Crippen LogP contribution in [0, 0.1) is 0 Å². The number of esters is 1. The van der Waals surface area contributed by atoms with Gasteiger partial charge in [-0.2, -0.15) is 0 Å². The van der Waals surface area contributed by atoms with E-state index in [9.17, 15) is 9.36 Å². The lowest BCUT2D eigenvalue weighted by Gasteiger charge is -2.37. The standard InChI is InChI=1S/C26H30NO3P/c1-3-20-27(25(26(28)30-4-2)21-22-14-8-5-9-15-22)31(29,23-16-10-6-11-17-23)24-18-12-7-13-19-24/h5-19,25H,3-4,20-21H2,1-2H3/t25-/m0/s1. The van der Waals surface area contributed by atoms with Gasteiger partial charge < -0.3 is 4.74 Å². The molecule has 162 valence electrons. The van der Waals surface area contributed by atoms with Crippen LogP contribution in [-0.2, 0) is 20.5 Å². The Kier molecular flexibility index (Phi) is 8.22. The Morgan fingerprint density at radius 2 is 1.32 bits per heavy atom. The quantitative estimate of drug-likeness (QED) is 0.339. The third-order valence-electron chi connectivity index (χ3n) is 5.22. The van der Waals surface area contributed by atoms with Gasteiger partial charge in [0.05, 0.1) is 6.61 Å².